The van der Waals surface area contributed by atoms with Crippen LogP contribution in [0.25, 0.3) is 11.1 Å². The number of rotatable bonds is 28. The van der Waals surface area contributed by atoms with Gasteiger partial charge in [0.05, 0.1) is 71.1 Å². The van der Waals surface area contributed by atoms with E-state index in [0.717, 1.165) is 34.4 Å². The molecule has 15 heteroatoms. The second-order valence-corrected chi connectivity index (χ2v) is 20.2. The van der Waals surface area contributed by atoms with E-state index in [1.165, 1.54) is 6.42 Å². The van der Waals surface area contributed by atoms with Crippen molar-refractivity contribution in [3.63, 3.8) is 0 Å². The molecule has 1 amide bonds. The third-order valence-corrected chi connectivity index (χ3v) is 15.0. The third kappa shape index (κ3) is 13.9. The van der Waals surface area contributed by atoms with Gasteiger partial charge in [0.1, 0.15) is 24.4 Å². The highest BCUT2D eigenvalue weighted by atomic mass is 16.7. The zero-order chi connectivity index (χ0) is 49.7. The highest BCUT2D eigenvalue weighted by Crippen LogP contribution is 2.63. The van der Waals surface area contributed by atoms with E-state index in [1.54, 1.807) is 19.1 Å². The molecule has 3 aromatic carbocycles. The summed E-state index contributed by atoms with van der Waals surface area (Å²) in [7, 11) is 7.54. The average Bonchev–Trinajstić information content (AvgIpc) is 3.71. The Bertz CT molecular complexity index is 2170. The molecule has 2 bridgehead atoms. The molecule has 0 unspecified atom stereocenters. The number of aliphatic hydroxyl groups excluding tert-OH is 2. The van der Waals surface area contributed by atoms with Crippen molar-refractivity contribution >= 4 is 24.1 Å². The largest absolute Gasteiger partial charge is 0.496 e. The summed E-state index contributed by atoms with van der Waals surface area (Å²) in [5.74, 6) is 1.72. The number of amides is 1. The number of ether oxygens (including phenoxy) is 4. The van der Waals surface area contributed by atoms with Crippen LogP contribution in [0.1, 0.15) is 68.4 Å². The molecule has 4 fully saturated rings. The van der Waals surface area contributed by atoms with E-state index >= 15 is 0 Å². The Morgan fingerprint density at radius 2 is 1.70 bits per heavy atom. The maximum Gasteiger partial charge on any atom is 0.295 e. The number of Topliss-reactive ketones (excluding diaryl/α,β-unsaturated/α-hetero) is 1. The zero-order valence-corrected chi connectivity index (χ0v) is 42.3. The molecular weight excluding hydrogens is 877 g/mol. The van der Waals surface area contributed by atoms with Gasteiger partial charge in [0.2, 0.25) is 0 Å². The van der Waals surface area contributed by atoms with Gasteiger partial charge in [0.15, 0.2) is 5.78 Å². The number of hydroxylamine groups is 2. The van der Waals surface area contributed by atoms with Gasteiger partial charge in [-0.05, 0) is 91.6 Å². The number of nitrogens with one attached hydrogen (secondary N) is 1. The van der Waals surface area contributed by atoms with Gasteiger partial charge >= 0.3 is 0 Å². The van der Waals surface area contributed by atoms with Gasteiger partial charge in [-0.2, -0.15) is 5.06 Å². The van der Waals surface area contributed by atoms with Crippen LogP contribution >= 0.6 is 0 Å². The number of hydrogen-bond donors (Lipinski definition) is 3. The molecule has 0 radical (unpaired) electrons. The minimum Gasteiger partial charge on any atom is -0.496 e. The van der Waals surface area contributed by atoms with Crippen LogP contribution in [-0.2, 0) is 36.8 Å². The van der Waals surface area contributed by atoms with E-state index in [9.17, 15) is 19.8 Å². The standard InChI is InChI=1S/C54H78N6O9/c1-36-40(28-43-32-47(36)54(43,3)4)31-48(63)51-50(37(2)62)49(35-61)69-60(51)33-39-16-13-17-46(52(39)65-9)41-27-42(30-45(29-41)58(6)7)53(64)57-44(26-38-14-11-10-12-15-38)34-59(8)19-21-67-23-25-68-24-22-66-20-18-56-55-5/h10-17,27,29-30,36-37,40,43-44,47,49-51,61-62H,5,18-26,28,31-35H2,1-4,6-9H3/p+1/t36-,37+,40-,43+,44-,47+,49+,50-,51-/m1/s1. The first-order valence-corrected chi connectivity index (χ1v) is 24.8. The fourth-order valence-corrected chi connectivity index (χ4v) is 11.1. The van der Waals surface area contributed by atoms with E-state index in [2.05, 4.69) is 59.7 Å². The number of hydrogen-bond acceptors (Lipinski definition) is 13. The van der Waals surface area contributed by atoms with Crippen LogP contribution in [0.3, 0.4) is 0 Å². The summed E-state index contributed by atoms with van der Waals surface area (Å²) in [5, 5.41) is 30.4. The molecule has 0 aromatic heterocycles. The van der Waals surface area contributed by atoms with Crippen molar-refractivity contribution in [3.8, 4) is 16.9 Å². The number of nitrogens with zero attached hydrogens (tertiary/aromatic N) is 5. The molecular formula is C54H79N6O9+. The summed E-state index contributed by atoms with van der Waals surface area (Å²) < 4.78 is 23.1. The summed E-state index contributed by atoms with van der Waals surface area (Å²) >= 11 is 0. The Morgan fingerprint density at radius 3 is 2.33 bits per heavy atom. The van der Waals surface area contributed by atoms with E-state index in [0.29, 0.717) is 107 Å². The van der Waals surface area contributed by atoms with Crippen molar-refractivity contribution in [1.82, 2.24) is 15.3 Å². The lowest BCUT2D eigenvalue weighted by Crippen LogP contribution is -2.55. The SMILES string of the molecule is C=[N+]=NCCOCCOCCOCCN(C)C[C@@H](Cc1ccccc1)NC(=O)c1cc(-c2cccc(CN3O[C@@H](CO)[C@@H]([C@H](C)O)[C@H]3C(=O)C[C@H]3C[C@H]4C[C@@H]([C@@H]3C)C4(C)C)c2OC)cc(N(C)C)c1. The minimum atomic E-state index is -0.883. The molecule has 1 heterocycles. The molecule has 4 aliphatic rings. The first-order chi connectivity index (χ1) is 33.2. The Labute approximate surface area is 410 Å². The van der Waals surface area contributed by atoms with Crippen LogP contribution in [0.2, 0.25) is 0 Å². The van der Waals surface area contributed by atoms with Gasteiger partial charge in [-0.3, -0.25) is 14.4 Å². The van der Waals surface area contributed by atoms with Gasteiger partial charge in [0, 0.05) is 72.7 Å². The first-order valence-electron chi connectivity index (χ1n) is 24.8. The molecule has 378 valence electrons. The summed E-state index contributed by atoms with van der Waals surface area (Å²) in [6.45, 7) is 16.5. The Morgan fingerprint density at radius 1 is 0.986 bits per heavy atom. The molecule has 1 aliphatic heterocycles. The van der Waals surface area contributed by atoms with E-state index in [1.807, 2.05) is 80.6 Å². The zero-order valence-electron chi connectivity index (χ0n) is 42.3. The van der Waals surface area contributed by atoms with Crippen molar-refractivity contribution in [1.29, 1.82) is 0 Å². The number of likely N-dealkylation sites (N-methyl/N-ethyl adjacent to an activating group) is 1. The predicted octanol–water partition coefficient (Wildman–Crippen LogP) is 5.86. The Balaban J connectivity index is 1.16. The molecule has 7 rings (SSSR count). The number of carbonyl (C=O) groups is 2. The molecule has 3 aromatic rings. The lowest BCUT2D eigenvalue weighted by Gasteiger charge is -2.62. The number of carbonyl (C=O) groups excluding carboxylic acids is 2. The summed E-state index contributed by atoms with van der Waals surface area (Å²) in [6.07, 6.45) is 1.68. The van der Waals surface area contributed by atoms with Crippen LogP contribution in [0.5, 0.6) is 5.75 Å². The van der Waals surface area contributed by atoms with E-state index in [4.69, 9.17) is 23.8 Å². The normalized spacial score (nSPS) is 23.7. The van der Waals surface area contributed by atoms with E-state index < -0.39 is 24.2 Å². The number of benzene rings is 3. The van der Waals surface area contributed by atoms with Crippen molar-refractivity contribution < 1.29 is 48.4 Å². The maximum absolute atomic E-state index is 14.5. The number of methoxy groups -OCH3 is 1. The van der Waals surface area contributed by atoms with Crippen molar-refractivity contribution in [2.24, 2.45) is 40.1 Å². The van der Waals surface area contributed by atoms with Crippen LogP contribution in [0.4, 0.5) is 5.69 Å². The molecule has 69 heavy (non-hydrogen) atoms. The monoisotopic (exact) mass is 956 g/mol. The predicted molar refractivity (Wildman–Crippen MR) is 268 cm³/mol. The van der Waals surface area contributed by atoms with Crippen LogP contribution < -0.4 is 15.0 Å². The molecule has 9 atom stereocenters. The van der Waals surface area contributed by atoms with Gasteiger partial charge < -0.3 is 44.3 Å². The van der Waals surface area contributed by atoms with Crippen molar-refractivity contribution in [2.75, 3.05) is 99.0 Å². The number of fused-ring (bicyclic) bond motifs is 2. The minimum absolute atomic E-state index is 0.0347. The third-order valence-electron chi connectivity index (χ3n) is 15.0. The quantitative estimate of drug-likeness (QED) is 0.0344. The topological polar surface area (TPSA) is 169 Å². The first kappa shape index (κ1) is 53.8. The number of ketones is 1. The van der Waals surface area contributed by atoms with E-state index in [-0.39, 0.29) is 36.8 Å². The summed E-state index contributed by atoms with van der Waals surface area (Å²) in [6, 6.07) is 20.9. The van der Waals surface area contributed by atoms with Crippen molar-refractivity contribution in [3.05, 3.63) is 83.4 Å². The molecule has 0 spiro atoms. The Kier molecular flexibility index (Phi) is 19.9. The molecule has 3 saturated carbocycles. The van der Waals surface area contributed by atoms with Crippen LogP contribution in [0, 0.1) is 35.0 Å². The van der Waals surface area contributed by atoms with Gasteiger partial charge in [-0.25, -0.2) is 0 Å². The van der Waals surface area contributed by atoms with Gasteiger partial charge in [-0.15, -0.1) is 0 Å². The lowest BCUT2D eigenvalue weighted by molar-refractivity contribution is -0.183. The second-order valence-electron chi connectivity index (χ2n) is 20.2. The number of para-hydroxylation sites is 1. The van der Waals surface area contributed by atoms with Crippen molar-refractivity contribution in [2.45, 2.75) is 84.2 Å². The summed E-state index contributed by atoms with van der Waals surface area (Å²) in [5.41, 5.74) is 5.08. The smallest absolute Gasteiger partial charge is 0.295 e. The number of aliphatic hydroxyl groups is 2. The molecule has 3 aliphatic carbocycles. The Hall–Kier alpha value is -4.54. The molecule has 15 nitrogen and oxygen atoms in total. The molecule has 1 saturated heterocycles. The van der Waals surface area contributed by atoms with Gasteiger partial charge in [0.25, 0.3) is 12.6 Å². The second kappa shape index (κ2) is 25.5. The average molecular weight is 956 g/mol. The molecule has 3 N–H and O–H groups in total. The highest BCUT2D eigenvalue weighted by Gasteiger charge is 2.57. The van der Waals surface area contributed by atoms with Crippen LogP contribution in [-0.4, -0.2) is 162 Å². The number of anilines is 1. The highest BCUT2D eigenvalue weighted by molar-refractivity contribution is 5.97. The fourth-order valence-electron chi connectivity index (χ4n) is 11.1. The van der Waals surface area contributed by atoms with Crippen LogP contribution in [0.15, 0.2) is 71.8 Å². The maximum atomic E-state index is 14.5. The fraction of sp³-hybridized carbons (Fsp3) is 0.611. The van der Waals surface area contributed by atoms with Gasteiger partial charge in [-0.1, -0.05) is 69.3 Å². The lowest BCUT2D eigenvalue weighted by atomic mass is 9.43. The summed E-state index contributed by atoms with van der Waals surface area (Å²) in [4.78, 5) is 42.9.